The van der Waals surface area contributed by atoms with E-state index in [2.05, 4.69) is 26.3 Å². The zero-order valence-electron chi connectivity index (χ0n) is 34.0. The van der Waals surface area contributed by atoms with Crippen LogP contribution in [0, 0.1) is 0 Å². The molecule has 0 aromatic rings. The van der Waals surface area contributed by atoms with E-state index in [9.17, 15) is 24.3 Å². The Bertz CT molecular complexity index is 938. The number of hydrogen-bond donors (Lipinski definition) is 1. The SMILES string of the molecule is C=COCCOCCOC(=O)CCN(CCC(=O)OCCOCCOC=C)CC(O)CN(CCC(=O)OCCOCCOC=C)CCC(=O)OCCOCCOC=C. The maximum atomic E-state index is 12.5. The van der Waals surface area contributed by atoms with Crippen LogP contribution in [0.3, 0.4) is 0 Å². The van der Waals surface area contributed by atoms with Crippen LogP contribution in [0.1, 0.15) is 25.7 Å². The summed E-state index contributed by atoms with van der Waals surface area (Å²) in [5.74, 6) is -1.96. The van der Waals surface area contributed by atoms with Crippen LogP contribution in [0.2, 0.25) is 0 Å². The maximum absolute atomic E-state index is 12.5. The van der Waals surface area contributed by atoms with Crippen molar-refractivity contribution in [2.75, 3.05) is 145 Å². The lowest BCUT2D eigenvalue weighted by atomic mass is 10.2. The summed E-state index contributed by atoms with van der Waals surface area (Å²) in [7, 11) is 0. The number of carbonyl (C=O) groups excluding carboxylic acids is 4. The van der Waals surface area contributed by atoms with Gasteiger partial charge in [0.15, 0.2) is 0 Å². The van der Waals surface area contributed by atoms with Gasteiger partial charge in [0.25, 0.3) is 0 Å². The van der Waals surface area contributed by atoms with E-state index in [1.807, 2.05) is 0 Å². The van der Waals surface area contributed by atoms with Crippen molar-refractivity contribution in [3.8, 4) is 0 Å². The van der Waals surface area contributed by atoms with Gasteiger partial charge in [-0.3, -0.25) is 29.0 Å². The molecule has 1 N–H and O–H groups in total. The molecule has 0 fully saturated rings. The maximum Gasteiger partial charge on any atom is 0.307 e. The second kappa shape index (κ2) is 40.9. The van der Waals surface area contributed by atoms with Crippen molar-refractivity contribution in [1.82, 2.24) is 9.80 Å². The molecule has 0 unspecified atom stereocenters. The van der Waals surface area contributed by atoms with E-state index in [0.29, 0.717) is 52.9 Å². The first-order chi connectivity index (χ1) is 28.2. The Morgan fingerprint density at radius 2 is 0.621 bits per heavy atom. The molecule has 0 heterocycles. The molecule has 0 aliphatic rings. The number of nitrogens with zero attached hydrogens (tertiary/aromatic N) is 2. The number of hydrogen-bond acceptors (Lipinski definition) is 19. The van der Waals surface area contributed by atoms with Crippen LogP contribution >= 0.6 is 0 Å². The third kappa shape index (κ3) is 37.3. The van der Waals surface area contributed by atoms with Crippen LogP contribution in [0.4, 0.5) is 0 Å². The van der Waals surface area contributed by atoms with Crippen LogP contribution in [0.15, 0.2) is 51.4 Å². The van der Waals surface area contributed by atoms with Gasteiger partial charge in [-0.15, -0.1) is 0 Å². The van der Waals surface area contributed by atoms with Crippen molar-refractivity contribution in [2.45, 2.75) is 31.8 Å². The Balaban J connectivity index is 5.29. The Kier molecular flexibility index (Phi) is 37.9. The summed E-state index contributed by atoms with van der Waals surface area (Å²) in [6.45, 7) is 17.9. The molecule has 0 aliphatic heterocycles. The van der Waals surface area contributed by atoms with Crippen molar-refractivity contribution < 1.29 is 81.1 Å². The monoisotopic (exact) mass is 834 g/mol. The highest BCUT2D eigenvalue weighted by Gasteiger charge is 2.20. The molecule has 19 nitrogen and oxygen atoms in total. The second-order valence-electron chi connectivity index (χ2n) is 11.7. The number of aliphatic hydroxyl groups excluding tert-OH is 1. The molecule has 0 rings (SSSR count). The average Bonchev–Trinajstić information content (AvgIpc) is 3.21. The van der Waals surface area contributed by atoms with Gasteiger partial charge < -0.3 is 61.9 Å². The van der Waals surface area contributed by atoms with Gasteiger partial charge in [-0.05, 0) is 0 Å². The van der Waals surface area contributed by atoms with E-state index in [0.717, 1.165) is 0 Å². The zero-order valence-corrected chi connectivity index (χ0v) is 34.0. The first-order valence-corrected chi connectivity index (χ1v) is 19.2. The Labute approximate surface area is 342 Å². The van der Waals surface area contributed by atoms with Crippen LogP contribution in [0.5, 0.6) is 0 Å². The fraction of sp³-hybridized carbons (Fsp3) is 0.692. The van der Waals surface area contributed by atoms with Crippen molar-refractivity contribution >= 4 is 23.9 Å². The van der Waals surface area contributed by atoms with E-state index in [-0.39, 0.29) is 118 Å². The van der Waals surface area contributed by atoms with E-state index in [1.165, 1.54) is 25.0 Å². The lowest BCUT2D eigenvalue weighted by Crippen LogP contribution is -2.43. The van der Waals surface area contributed by atoms with Gasteiger partial charge in [0.2, 0.25) is 0 Å². The lowest BCUT2D eigenvalue weighted by Gasteiger charge is -2.29. The molecule has 0 aromatic carbocycles. The van der Waals surface area contributed by atoms with E-state index >= 15 is 0 Å². The molecule has 0 saturated carbocycles. The molecule has 0 spiro atoms. The highest BCUT2D eigenvalue weighted by Crippen LogP contribution is 2.05. The third-order valence-corrected chi connectivity index (χ3v) is 7.28. The first-order valence-electron chi connectivity index (χ1n) is 19.2. The summed E-state index contributed by atoms with van der Waals surface area (Å²) < 4.78 is 62.2. The van der Waals surface area contributed by atoms with Crippen LogP contribution < -0.4 is 0 Å². The quantitative estimate of drug-likeness (QED) is 0.0399. The topological polar surface area (TPSA) is 206 Å². The molecular weight excluding hydrogens is 768 g/mol. The second-order valence-corrected chi connectivity index (χ2v) is 11.7. The summed E-state index contributed by atoms with van der Waals surface area (Å²) in [6.07, 6.45) is 4.09. The summed E-state index contributed by atoms with van der Waals surface area (Å²) in [6, 6.07) is 0. The van der Waals surface area contributed by atoms with Gasteiger partial charge in [-0.25, -0.2) is 0 Å². The van der Waals surface area contributed by atoms with Crippen LogP contribution in [0.25, 0.3) is 0 Å². The molecule has 0 radical (unpaired) electrons. The number of rotatable bonds is 44. The Morgan fingerprint density at radius 3 is 0.845 bits per heavy atom. The van der Waals surface area contributed by atoms with Crippen molar-refractivity contribution in [3.63, 3.8) is 0 Å². The summed E-state index contributed by atoms with van der Waals surface area (Å²) in [4.78, 5) is 53.5. The Morgan fingerprint density at radius 1 is 0.397 bits per heavy atom. The van der Waals surface area contributed by atoms with Crippen LogP contribution in [-0.4, -0.2) is 190 Å². The van der Waals surface area contributed by atoms with Crippen molar-refractivity contribution in [1.29, 1.82) is 0 Å². The van der Waals surface area contributed by atoms with Gasteiger partial charge in [0.05, 0.1) is 110 Å². The fourth-order valence-electron chi connectivity index (χ4n) is 4.56. The molecule has 0 amide bonds. The average molecular weight is 835 g/mol. The predicted octanol–water partition coefficient (Wildman–Crippen LogP) is 1.39. The highest BCUT2D eigenvalue weighted by atomic mass is 16.6. The number of ether oxygens (including phenoxy) is 12. The molecule has 334 valence electrons. The summed E-state index contributed by atoms with van der Waals surface area (Å²) >= 11 is 0. The largest absolute Gasteiger partial charge is 0.499 e. The minimum Gasteiger partial charge on any atom is -0.499 e. The van der Waals surface area contributed by atoms with Gasteiger partial charge >= 0.3 is 23.9 Å². The lowest BCUT2D eigenvalue weighted by molar-refractivity contribution is -0.147. The molecular formula is C39H66N2O17. The van der Waals surface area contributed by atoms with E-state index < -0.39 is 30.0 Å². The minimum atomic E-state index is -1.02. The normalized spacial score (nSPS) is 10.8. The highest BCUT2D eigenvalue weighted by molar-refractivity contribution is 5.71. The molecule has 0 aromatic heterocycles. The zero-order chi connectivity index (χ0) is 42.7. The standard InChI is InChI=1S/C39H66N2O17/c1-5-47-17-21-51-25-29-55-36(43)9-13-40(14-10-37(44)56-30-26-52-22-18-48-6-2)33-35(42)34-41(15-11-38(45)57-31-27-53-23-19-49-7-3)16-12-39(46)58-32-28-54-24-20-50-8-4/h5-8,35,42H,1-4,9-34H2. The number of esters is 4. The number of carbonyl (C=O) groups is 4. The molecule has 58 heavy (non-hydrogen) atoms. The molecule has 0 saturated heterocycles. The molecule has 0 atom stereocenters. The number of aliphatic hydroxyl groups is 1. The molecule has 0 bridgehead atoms. The van der Waals surface area contributed by atoms with Crippen molar-refractivity contribution in [2.24, 2.45) is 0 Å². The van der Waals surface area contributed by atoms with Crippen molar-refractivity contribution in [3.05, 3.63) is 51.4 Å². The van der Waals surface area contributed by atoms with Crippen LogP contribution in [-0.2, 0) is 76.0 Å². The third-order valence-electron chi connectivity index (χ3n) is 7.28. The fourth-order valence-corrected chi connectivity index (χ4v) is 4.56. The first kappa shape index (κ1) is 53.8. The predicted molar refractivity (Wildman–Crippen MR) is 209 cm³/mol. The smallest absolute Gasteiger partial charge is 0.307 e. The van der Waals surface area contributed by atoms with Gasteiger partial charge in [0.1, 0.15) is 52.9 Å². The minimum absolute atomic E-state index is 0.0284. The van der Waals surface area contributed by atoms with Gasteiger partial charge in [-0.1, -0.05) is 26.3 Å². The Hall–Kier alpha value is -4.24. The van der Waals surface area contributed by atoms with E-state index in [4.69, 9.17) is 56.8 Å². The molecule has 19 heteroatoms. The summed E-state index contributed by atoms with van der Waals surface area (Å²) in [5, 5.41) is 11.2. The van der Waals surface area contributed by atoms with Gasteiger partial charge in [-0.2, -0.15) is 0 Å². The molecule has 0 aliphatic carbocycles. The van der Waals surface area contributed by atoms with Gasteiger partial charge in [0, 0.05) is 39.3 Å². The van der Waals surface area contributed by atoms with E-state index in [1.54, 1.807) is 9.80 Å². The summed E-state index contributed by atoms with van der Waals surface area (Å²) in [5.41, 5.74) is 0.